The maximum Gasteiger partial charge on any atom is 0.223 e. The van der Waals surface area contributed by atoms with E-state index in [9.17, 15) is 4.79 Å². The van der Waals surface area contributed by atoms with Gasteiger partial charge in [-0.1, -0.05) is 30.3 Å². The molecule has 1 aromatic carbocycles. The summed E-state index contributed by atoms with van der Waals surface area (Å²) in [7, 11) is 1.93. The molecule has 1 amide bonds. The van der Waals surface area contributed by atoms with Gasteiger partial charge in [-0.05, 0) is 24.5 Å². The molecule has 0 radical (unpaired) electrons. The zero-order valence-corrected chi connectivity index (χ0v) is 13.8. The van der Waals surface area contributed by atoms with Crippen LogP contribution < -0.4 is 5.32 Å². The molecule has 1 aromatic heterocycles. The van der Waals surface area contributed by atoms with Crippen LogP contribution in [0.3, 0.4) is 0 Å². The van der Waals surface area contributed by atoms with Gasteiger partial charge in [0.25, 0.3) is 0 Å². The maximum atomic E-state index is 12.7. The van der Waals surface area contributed by atoms with Gasteiger partial charge in [-0.15, -0.1) is 0 Å². The standard InChI is InChI=1S/C18H24N4O/c1-14-16(12-20-21(14)2)8-9-18(23)22-11-10-19-13-17(22)15-6-4-3-5-7-15/h3-7,12,17,19H,8-11,13H2,1-2H3/t17-/m0/s1. The van der Waals surface area contributed by atoms with Crippen molar-refractivity contribution in [3.05, 3.63) is 53.3 Å². The molecule has 1 N–H and O–H groups in total. The fourth-order valence-corrected chi connectivity index (χ4v) is 3.15. The van der Waals surface area contributed by atoms with E-state index in [4.69, 9.17) is 0 Å². The third kappa shape index (κ3) is 3.45. The van der Waals surface area contributed by atoms with Crippen LogP contribution in [0.4, 0.5) is 0 Å². The van der Waals surface area contributed by atoms with Crippen molar-refractivity contribution >= 4 is 5.91 Å². The molecule has 2 heterocycles. The summed E-state index contributed by atoms with van der Waals surface area (Å²) >= 11 is 0. The number of hydrogen-bond donors (Lipinski definition) is 1. The Labute approximate surface area is 137 Å². The number of nitrogens with zero attached hydrogens (tertiary/aromatic N) is 3. The number of aromatic nitrogens is 2. The van der Waals surface area contributed by atoms with Gasteiger partial charge < -0.3 is 10.2 Å². The molecular formula is C18H24N4O. The van der Waals surface area contributed by atoms with Gasteiger partial charge >= 0.3 is 0 Å². The molecule has 1 atom stereocenters. The molecule has 1 fully saturated rings. The molecule has 1 aliphatic rings. The van der Waals surface area contributed by atoms with Crippen molar-refractivity contribution in [2.24, 2.45) is 7.05 Å². The number of amides is 1. The molecule has 0 unspecified atom stereocenters. The van der Waals surface area contributed by atoms with Crippen molar-refractivity contribution in [3.63, 3.8) is 0 Å². The smallest absolute Gasteiger partial charge is 0.223 e. The van der Waals surface area contributed by atoms with Crippen molar-refractivity contribution in [1.29, 1.82) is 0 Å². The molecule has 0 spiro atoms. The van der Waals surface area contributed by atoms with E-state index < -0.39 is 0 Å². The third-order valence-electron chi connectivity index (χ3n) is 4.69. The first-order valence-electron chi connectivity index (χ1n) is 8.19. The average molecular weight is 312 g/mol. The molecule has 23 heavy (non-hydrogen) atoms. The Morgan fingerprint density at radius 3 is 2.83 bits per heavy atom. The number of benzene rings is 1. The van der Waals surface area contributed by atoms with Crippen molar-refractivity contribution in [1.82, 2.24) is 20.0 Å². The lowest BCUT2D eigenvalue weighted by molar-refractivity contribution is -0.134. The number of carbonyl (C=O) groups excluding carboxylic acids is 1. The number of rotatable bonds is 4. The number of hydrogen-bond acceptors (Lipinski definition) is 3. The van der Waals surface area contributed by atoms with Crippen LogP contribution in [0.1, 0.15) is 29.3 Å². The SMILES string of the molecule is Cc1c(CCC(=O)N2CCNC[C@H]2c2ccccc2)cnn1C. The fourth-order valence-electron chi connectivity index (χ4n) is 3.15. The van der Waals surface area contributed by atoms with E-state index >= 15 is 0 Å². The number of nitrogens with one attached hydrogen (secondary N) is 1. The minimum Gasteiger partial charge on any atom is -0.333 e. The summed E-state index contributed by atoms with van der Waals surface area (Å²) in [5, 5.41) is 7.65. The predicted molar refractivity (Wildman–Crippen MR) is 90.0 cm³/mol. The highest BCUT2D eigenvalue weighted by molar-refractivity contribution is 5.77. The van der Waals surface area contributed by atoms with Gasteiger partial charge in [-0.3, -0.25) is 9.48 Å². The Balaban J connectivity index is 1.68. The summed E-state index contributed by atoms with van der Waals surface area (Å²) in [5.74, 6) is 0.226. The summed E-state index contributed by atoms with van der Waals surface area (Å²) in [4.78, 5) is 14.8. The van der Waals surface area contributed by atoms with E-state index in [0.29, 0.717) is 6.42 Å². The summed E-state index contributed by atoms with van der Waals surface area (Å²) in [6.45, 7) is 4.50. The van der Waals surface area contributed by atoms with E-state index in [1.807, 2.05) is 47.9 Å². The second kappa shape index (κ2) is 6.96. The van der Waals surface area contributed by atoms with Gasteiger partial charge in [-0.2, -0.15) is 5.10 Å². The van der Waals surface area contributed by atoms with Crippen LogP contribution in [0.5, 0.6) is 0 Å². The summed E-state index contributed by atoms with van der Waals surface area (Å²) in [6.07, 6.45) is 3.16. The molecule has 0 bridgehead atoms. The van der Waals surface area contributed by atoms with Gasteiger partial charge in [0, 0.05) is 38.8 Å². The van der Waals surface area contributed by atoms with Crippen LogP contribution in [0, 0.1) is 6.92 Å². The van der Waals surface area contributed by atoms with Crippen LogP contribution in [0.15, 0.2) is 36.5 Å². The normalized spacial score (nSPS) is 18.2. The van der Waals surface area contributed by atoms with E-state index in [2.05, 4.69) is 22.5 Å². The Bertz CT molecular complexity index is 665. The fraction of sp³-hybridized carbons (Fsp3) is 0.444. The quantitative estimate of drug-likeness (QED) is 0.937. The van der Waals surface area contributed by atoms with Crippen LogP contribution in [-0.4, -0.2) is 40.2 Å². The van der Waals surface area contributed by atoms with Crippen molar-refractivity contribution < 1.29 is 4.79 Å². The highest BCUT2D eigenvalue weighted by atomic mass is 16.2. The Kier molecular flexibility index (Phi) is 4.76. The van der Waals surface area contributed by atoms with Gasteiger partial charge in [-0.25, -0.2) is 0 Å². The molecule has 0 saturated carbocycles. The van der Waals surface area contributed by atoms with Gasteiger partial charge in [0.2, 0.25) is 5.91 Å². The third-order valence-corrected chi connectivity index (χ3v) is 4.69. The van der Waals surface area contributed by atoms with E-state index in [1.54, 1.807) is 0 Å². The second-order valence-electron chi connectivity index (χ2n) is 6.10. The van der Waals surface area contributed by atoms with E-state index in [1.165, 1.54) is 5.56 Å². The Morgan fingerprint density at radius 1 is 1.35 bits per heavy atom. The lowest BCUT2D eigenvalue weighted by Gasteiger charge is -2.36. The molecule has 122 valence electrons. The lowest BCUT2D eigenvalue weighted by atomic mass is 10.0. The molecule has 5 heteroatoms. The van der Waals surface area contributed by atoms with Crippen LogP contribution in [0.2, 0.25) is 0 Å². The van der Waals surface area contributed by atoms with E-state index in [0.717, 1.165) is 37.3 Å². The van der Waals surface area contributed by atoms with Crippen LogP contribution in [0.25, 0.3) is 0 Å². The Morgan fingerprint density at radius 2 is 2.13 bits per heavy atom. The largest absolute Gasteiger partial charge is 0.333 e. The minimum absolute atomic E-state index is 0.132. The number of piperazine rings is 1. The molecule has 0 aliphatic carbocycles. The maximum absolute atomic E-state index is 12.7. The van der Waals surface area contributed by atoms with Gasteiger partial charge in [0.1, 0.15) is 0 Å². The number of carbonyl (C=O) groups is 1. The summed E-state index contributed by atoms with van der Waals surface area (Å²) in [5.41, 5.74) is 3.50. The zero-order valence-electron chi connectivity index (χ0n) is 13.8. The second-order valence-corrected chi connectivity index (χ2v) is 6.10. The average Bonchev–Trinajstić information content (AvgIpc) is 2.92. The topological polar surface area (TPSA) is 50.2 Å². The van der Waals surface area contributed by atoms with Gasteiger partial charge in [0.15, 0.2) is 0 Å². The van der Waals surface area contributed by atoms with Crippen LogP contribution >= 0.6 is 0 Å². The van der Waals surface area contributed by atoms with Gasteiger partial charge in [0.05, 0.1) is 12.2 Å². The predicted octanol–water partition coefficient (Wildman–Crippen LogP) is 1.83. The van der Waals surface area contributed by atoms with Crippen molar-refractivity contribution in [2.45, 2.75) is 25.8 Å². The highest BCUT2D eigenvalue weighted by Crippen LogP contribution is 2.23. The molecule has 1 aliphatic heterocycles. The first-order chi connectivity index (χ1) is 11.2. The summed E-state index contributed by atoms with van der Waals surface area (Å²) < 4.78 is 1.86. The molecule has 1 saturated heterocycles. The summed E-state index contributed by atoms with van der Waals surface area (Å²) in [6, 6.07) is 10.4. The van der Waals surface area contributed by atoms with Crippen LogP contribution in [-0.2, 0) is 18.3 Å². The van der Waals surface area contributed by atoms with Crippen molar-refractivity contribution in [2.75, 3.05) is 19.6 Å². The molecule has 3 rings (SSSR count). The minimum atomic E-state index is 0.132. The monoisotopic (exact) mass is 312 g/mol. The molecule has 5 nitrogen and oxygen atoms in total. The highest BCUT2D eigenvalue weighted by Gasteiger charge is 2.27. The first kappa shape index (κ1) is 15.7. The van der Waals surface area contributed by atoms with Crippen molar-refractivity contribution in [3.8, 4) is 0 Å². The lowest BCUT2D eigenvalue weighted by Crippen LogP contribution is -2.48. The first-order valence-corrected chi connectivity index (χ1v) is 8.19. The number of aryl methyl sites for hydroxylation is 2. The molecule has 2 aromatic rings. The molecular weight excluding hydrogens is 288 g/mol. The van der Waals surface area contributed by atoms with E-state index in [-0.39, 0.29) is 11.9 Å². The Hall–Kier alpha value is -2.14. The zero-order chi connectivity index (χ0) is 16.2.